The highest BCUT2D eigenvalue weighted by Gasteiger charge is 2.22. The van der Waals surface area contributed by atoms with Gasteiger partial charge in [-0.2, -0.15) is 0 Å². The van der Waals surface area contributed by atoms with Crippen molar-refractivity contribution in [1.82, 2.24) is 15.1 Å². The van der Waals surface area contributed by atoms with Crippen molar-refractivity contribution < 1.29 is 4.74 Å². The molecule has 4 N–H and O–H groups in total. The molecule has 7 heteroatoms. The molecule has 0 saturated carbocycles. The zero-order chi connectivity index (χ0) is 30.6. The van der Waals surface area contributed by atoms with E-state index in [0.29, 0.717) is 11.8 Å². The van der Waals surface area contributed by atoms with E-state index in [1.54, 1.807) is 6.20 Å². The molecule has 2 aromatic rings. The van der Waals surface area contributed by atoms with E-state index in [1.165, 1.54) is 28.1 Å². The summed E-state index contributed by atoms with van der Waals surface area (Å²) >= 11 is 0. The van der Waals surface area contributed by atoms with Gasteiger partial charge in [0.1, 0.15) is 0 Å². The first kappa shape index (κ1) is 32.6. The summed E-state index contributed by atoms with van der Waals surface area (Å²) in [7, 11) is 2.20. The summed E-state index contributed by atoms with van der Waals surface area (Å²) in [5.74, 6) is 0.891. The van der Waals surface area contributed by atoms with Crippen molar-refractivity contribution in [3.05, 3.63) is 96.0 Å². The minimum atomic E-state index is 0.346. The van der Waals surface area contributed by atoms with Crippen molar-refractivity contribution >= 4 is 11.4 Å². The van der Waals surface area contributed by atoms with Crippen molar-refractivity contribution in [3.8, 4) is 0 Å². The van der Waals surface area contributed by atoms with Gasteiger partial charge in [0, 0.05) is 67.3 Å². The highest BCUT2D eigenvalue weighted by molar-refractivity contribution is 5.62. The Morgan fingerprint density at radius 2 is 1.79 bits per heavy atom. The van der Waals surface area contributed by atoms with Gasteiger partial charge >= 0.3 is 0 Å². The number of likely N-dealkylation sites (tertiary alicyclic amines) is 1. The average Bonchev–Trinajstić information content (AvgIpc) is 3.00. The lowest BCUT2D eigenvalue weighted by molar-refractivity contribution is 0.122. The Bertz CT molecular complexity index is 1190. The van der Waals surface area contributed by atoms with E-state index in [4.69, 9.17) is 10.5 Å². The fourth-order valence-corrected chi connectivity index (χ4v) is 6.12. The smallest absolute Gasteiger partial charge is 0.0642 e. The monoisotopic (exact) mass is 586 g/mol. The van der Waals surface area contributed by atoms with Gasteiger partial charge in [-0.1, -0.05) is 50.4 Å². The first-order valence-electron chi connectivity index (χ1n) is 16.0. The molecular weight excluding hydrogens is 532 g/mol. The van der Waals surface area contributed by atoms with E-state index < -0.39 is 0 Å². The van der Waals surface area contributed by atoms with Crippen molar-refractivity contribution in [3.63, 3.8) is 0 Å². The van der Waals surface area contributed by atoms with Gasteiger partial charge in [-0.05, 0) is 94.0 Å². The molecular formula is C36H54N6O. The predicted octanol–water partition coefficient (Wildman–Crippen LogP) is 5.88. The quantitative estimate of drug-likeness (QED) is 0.225. The van der Waals surface area contributed by atoms with Gasteiger partial charge in [-0.15, -0.1) is 0 Å². The number of nitrogens with one attached hydrogen (secondary N) is 2. The van der Waals surface area contributed by atoms with E-state index in [1.807, 2.05) is 13.0 Å². The molecule has 7 nitrogen and oxygen atoms in total. The SMILES string of the molecule is C=C(C)Nc1cc(CN2CCC(C(=C)NCCCN(C)Cc3ccc(C(C)/C=C\N)cc3)CC2)cc(N2CCOCC2)c1. The highest BCUT2D eigenvalue weighted by Crippen LogP contribution is 2.28. The van der Waals surface area contributed by atoms with Gasteiger partial charge in [-0.25, -0.2) is 0 Å². The third kappa shape index (κ3) is 10.4. The maximum atomic E-state index is 5.58. The maximum absolute atomic E-state index is 5.58. The van der Waals surface area contributed by atoms with Crippen LogP contribution < -0.4 is 21.3 Å². The summed E-state index contributed by atoms with van der Waals surface area (Å²) in [6.45, 7) is 22.2. The molecule has 0 spiro atoms. The number of ether oxygens (including phenoxy) is 1. The third-order valence-corrected chi connectivity index (χ3v) is 8.62. The summed E-state index contributed by atoms with van der Waals surface area (Å²) in [6.07, 6.45) is 7.06. The van der Waals surface area contributed by atoms with Crippen molar-refractivity contribution in [2.45, 2.75) is 52.1 Å². The molecule has 2 saturated heterocycles. The second-order valence-corrected chi connectivity index (χ2v) is 12.4. The number of benzene rings is 2. The topological polar surface area (TPSA) is 69.0 Å². The van der Waals surface area contributed by atoms with Crippen LogP contribution in [0.2, 0.25) is 0 Å². The van der Waals surface area contributed by atoms with Crippen molar-refractivity contribution in [1.29, 1.82) is 0 Å². The largest absolute Gasteiger partial charge is 0.405 e. The summed E-state index contributed by atoms with van der Waals surface area (Å²) < 4.78 is 5.58. The number of hydrogen-bond acceptors (Lipinski definition) is 7. The summed E-state index contributed by atoms with van der Waals surface area (Å²) in [5, 5.41) is 7.09. The van der Waals surface area contributed by atoms with Crippen LogP contribution in [0.25, 0.3) is 0 Å². The van der Waals surface area contributed by atoms with Gasteiger partial charge in [-0.3, -0.25) is 4.90 Å². The van der Waals surface area contributed by atoms with Crippen LogP contribution in [0.4, 0.5) is 11.4 Å². The molecule has 2 heterocycles. The van der Waals surface area contributed by atoms with Crippen LogP contribution in [0.15, 0.2) is 79.3 Å². The molecule has 0 bridgehead atoms. The van der Waals surface area contributed by atoms with Crippen LogP contribution in [-0.2, 0) is 17.8 Å². The Kier molecular flexibility index (Phi) is 12.6. The Morgan fingerprint density at radius 1 is 1.07 bits per heavy atom. The van der Waals surface area contributed by atoms with Gasteiger partial charge in [0.15, 0.2) is 0 Å². The van der Waals surface area contributed by atoms with E-state index in [0.717, 1.165) is 96.2 Å². The number of allylic oxidation sites excluding steroid dienone is 3. The second kappa shape index (κ2) is 16.6. The lowest BCUT2D eigenvalue weighted by Gasteiger charge is -2.34. The van der Waals surface area contributed by atoms with E-state index in [9.17, 15) is 0 Å². The van der Waals surface area contributed by atoms with Gasteiger partial charge in [0.2, 0.25) is 0 Å². The Labute approximate surface area is 260 Å². The first-order valence-corrected chi connectivity index (χ1v) is 16.0. The molecule has 0 aliphatic carbocycles. The molecule has 43 heavy (non-hydrogen) atoms. The Hall–Kier alpha value is -3.26. The minimum Gasteiger partial charge on any atom is -0.405 e. The Morgan fingerprint density at radius 3 is 2.47 bits per heavy atom. The molecule has 0 amide bonds. The summed E-state index contributed by atoms with van der Waals surface area (Å²) in [6, 6.07) is 15.8. The Balaban J connectivity index is 1.17. The number of hydrogen-bond donors (Lipinski definition) is 3. The zero-order valence-corrected chi connectivity index (χ0v) is 26.8. The number of nitrogens with two attached hydrogens (primary N) is 1. The van der Waals surface area contributed by atoms with E-state index >= 15 is 0 Å². The maximum Gasteiger partial charge on any atom is 0.0642 e. The molecule has 0 aromatic heterocycles. The van der Waals surface area contributed by atoms with Crippen LogP contribution in [0.3, 0.4) is 0 Å². The predicted molar refractivity (Wildman–Crippen MR) is 182 cm³/mol. The molecule has 2 fully saturated rings. The van der Waals surface area contributed by atoms with Gasteiger partial charge in [0.05, 0.1) is 13.2 Å². The molecule has 2 aliphatic heterocycles. The van der Waals surface area contributed by atoms with Crippen LogP contribution in [0, 0.1) is 5.92 Å². The fourth-order valence-electron chi connectivity index (χ4n) is 6.12. The lowest BCUT2D eigenvalue weighted by atomic mass is 9.93. The van der Waals surface area contributed by atoms with Crippen LogP contribution in [0.5, 0.6) is 0 Å². The van der Waals surface area contributed by atoms with E-state index in [-0.39, 0.29) is 0 Å². The molecule has 0 radical (unpaired) electrons. The number of anilines is 2. The van der Waals surface area contributed by atoms with Crippen LogP contribution >= 0.6 is 0 Å². The second-order valence-electron chi connectivity index (χ2n) is 12.4. The molecule has 4 rings (SSSR count). The number of morpholine rings is 1. The number of nitrogens with zero attached hydrogens (tertiary/aromatic N) is 3. The molecule has 2 aromatic carbocycles. The van der Waals surface area contributed by atoms with Crippen LogP contribution in [0.1, 0.15) is 55.7 Å². The molecule has 1 unspecified atom stereocenters. The number of rotatable bonds is 15. The zero-order valence-electron chi connectivity index (χ0n) is 26.8. The lowest BCUT2D eigenvalue weighted by Crippen LogP contribution is -2.37. The average molecular weight is 587 g/mol. The van der Waals surface area contributed by atoms with Crippen molar-refractivity contribution in [2.24, 2.45) is 11.7 Å². The molecule has 234 valence electrons. The standard InChI is InChI=1S/C36H54N6O/c1-28(2)39-35-23-32(24-36(25-35)42-19-21-43-22-20-42)27-41-17-12-34(13-18-41)30(4)38-15-6-16-40(5)26-31-7-9-33(10-8-31)29(3)11-14-37/h7-11,14,23-25,29,34,38-39H,1,4,6,12-13,15-22,26-27,37H2,2-3,5H3/b14-11-. The first-order chi connectivity index (χ1) is 20.8. The van der Waals surface area contributed by atoms with Gasteiger partial charge < -0.3 is 30.9 Å². The highest BCUT2D eigenvalue weighted by atomic mass is 16.5. The minimum absolute atomic E-state index is 0.346. The van der Waals surface area contributed by atoms with Crippen LogP contribution in [-0.4, -0.2) is 69.3 Å². The normalized spacial score (nSPS) is 17.3. The summed E-state index contributed by atoms with van der Waals surface area (Å²) in [5.41, 5.74) is 14.1. The van der Waals surface area contributed by atoms with E-state index in [2.05, 4.69) is 94.9 Å². The van der Waals surface area contributed by atoms with Gasteiger partial charge in [0.25, 0.3) is 0 Å². The molecule has 1 atom stereocenters. The number of piperidine rings is 1. The third-order valence-electron chi connectivity index (χ3n) is 8.62. The molecule has 2 aliphatic rings. The summed E-state index contributed by atoms with van der Waals surface area (Å²) in [4.78, 5) is 7.41. The fraction of sp³-hybridized carbons (Fsp3) is 0.500. The van der Waals surface area contributed by atoms with Crippen molar-refractivity contribution in [2.75, 3.05) is 69.7 Å².